The van der Waals surface area contributed by atoms with Gasteiger partial charge in [-0.25, -0.2) is 13.1 Å². The van der Waals surface area contributed by atoms with E-state index in [0.717, 1.165) is 24.1 Å². The molecule has 1 heterocycles. The Morgan fingerprint density at radius 1 is 1.53 bits per heavy atom. The molecule has 1 aromatic rings. The van der Waals surface area contributed by atoms with Crippen LogP contribution in [0.3, 0.4) is 0 Å². The molecule has 1 aliphatic rings. The monoisotopic (exact) mass is 246 g/mol. The molecule has 0 bridgehead atoms. The number of nitrogens with one attached hydrogen (secondary N) is 1. The van der Waals surface area contributed by atoms with Crippen LogP contribution >= 0.6 is 11.3 Å². The third-order valence-electron chi connectivity index (χ3n) is 2.57. The van der Waals surface area contributed by atoms with Crippen LogP contribution < -0.4 is 10.5 Å². The van der Waals surface area contributed by atoms with Crippen LogP contribution in [0.1, 0.15) is 24.1 Å². The molecule has 2 rings (SSSR count). The Morgan fingerprint density at radius 2 is 2.27 bits per heavy atom. The van der Waals surface area contributed by atoms with Gasteiger partial charge in [0.2, 0.25) is 10.0 Å². The molecule has 1 saturated carbocycles. The van der Waals surface area contributed by atoms with Crippen LogP contribution in [0.15, 0.2) is 16.3 Å². The molecule has 0 unspecified atom stereocenters. The first kappa shape index (κ1) is 11.1. The summed E-state index contributed by atoms with van der Waals surface area (Å²) in [5.74, 6) is 0. The van der Waals surface area contributed by atoms with Gasteiger partial charge in [0, 0.05) is 22.8 Å². The Balaban J connectivity index is 2.13. The summed E-state index contributed by atoms with van der Waals surface area (Å²) < 4.78 is 26.3. The summed E-state index contributed by atoms with van der Waals surface area (Å²) in [6, 6.07) is 1.78. The molecule has 0 aliphatic heterocycles. The third kappa shape index (κ3) is 2.39. The summed E-state index contributed by atoms with van der Waals surface area (Å²) in [4.78, 5) is 1.24. The van der Waals surface area contributed by atoms with Crippen molar-refractivity contribution >= 4 is 21.4 Å². The molecular weight excluding hydrogens is 232 g/mol. The predicted molar refractivity (Wildman–Crippen MR) is 60.2 cm³/mol. The van der Waals surface area contributed by atoms with Gasteiger partial charge in [-0.15, -0.1) is 11.3 Å². The predicted octanol–water partition coefficient (Wildman–Crippen LogP) is 1.04. The van der Waals surface area contributed by atoms with Gasteiger partial charge in [0.05, 0.1) is 4.90 Å². The Hall–Kier alpha value is -0.430. The maximum Gasteiger partial charge on any atom is 0.241 e. The molecule has 0 amide bonds. The second-order valence-electron chi connectivity index (χ2n) is 3.70. The Morgan fingerprint density at radius 3 is 2.73 bits per heavy atom. The highest BCUT2D eigenvalue weighted by molar-refractivity contribution is 7.89. The van der Waals surface area contributed by atoms with E-state index in [0.29, 0.717) is 11.4 Å². The quantitative estimate of drug-likeness (QED) is 0.833. The number of hydrogen-bond donors (Lipinski definition) is 2. The van der Waals surface area contributed by atoms with Gasteiger partial charge in [0.25, 0.3) is 0 Å². The summed E-state index contributed by atoms with van der Waals surface area (Å²) in [6.07, 6.45) is 3.02. The lowest BCUT2D eigenvalue weighted by Gasteiger charge is -2.25. The van der Waals surface area contributed by atoms with Gasteiger partial charge in [0.1, 0.15) is 0 Å². The highest BCUT2D eigenvalue weighted by Crippen LogP contribution is 2.23. The van der Waals surface area contributed by atoms with E-state index in [2.05, 4.69) is 4.72 Å². The van der Waals surface area contributed by atoms with Crippen molar-refractivity contribution in [2.24, 2.45) is 5.73 Å². The molecule has 0 aromatic carbocycles. The average Bonchev–Trinajstić information content (AvgIpc) is 2.60. The van der Waals surface area contributed by atoms with E-state index in [4.69, 9.17) is 5.73 Å². The minimum Gasteiger partial charge on any atom is -0.326 e. The normalized spacial score (nSPS) is 17.7. The molecule has 0 radical (unpaired) electrons. The molecule has 84 valence electrons. The maximum absolute atomic E-state index is 11.8. The first-order valence-corrected chi connectivity index (χ1v) is 7.28. The van der Waals surface area contributed by atoms with E-state index < -0.39 is 10.0 Å². The maximum atomic E-state index is 11.8. The highest BCUT2D eigenvalue weighted by atomic mass is 32.2. The fourth-order valence-electron chi connectivity index (χ4n) is 1.42. The highest BCUT2D eigenvalue weighted by Gasteiger charge is 2.25. The summed E-state index contributed by atoms with van der Waals surface area (Å²) in [5.41, 5.74) is 5.44. The Kier molecular flexibility index (Phi) is 3.11. The van der Waals surface area contributed by atoms with Gasteiger partial charge in [-0.3, -0.25) is 0 Å². The standard InChI is InChI=1S/C9H14N2O2S2/c10-5-8-4-9(6-14-8)15(12,13)11-7-2-1-3-7/h4,6-7,11H,1-3,5,10H2. The van der Waals surface area contributed by atoms with E-state index in [-0.39, 0.29) is 6.04 Å². The SMILES string of the molecule is NCc1cc(S(=O)(=O)NC2CCC2)cs1. The smallest absolute Gasteiger partial charge is 0.241 e. The van der Waals surface area contributed by atoms with Gasteiger partial charge in [0.15, 0.2) is 0 Å². The summed E-state index contributed by atoms with van der Waals surface area (Å²) >= 11 is 1.38. The average molecular weight is 246 g/mol. The number of sulfonamides is 1. The molecule has 1 aromatic heterocycles. The van der Waals surface area contributed by atoms with Gasteiger partial charge < -0.3 is 5.73 Å². The van der Waals surface area contributed by atoms with Crippen molar-refractivity contribution < 1.29 is 8.42 Å². The second kappa shape index (κ2) is 4.21. The number of thiophene rings is 1. The molecule has 0 atom stereocenters. The largest absolute Gasteiger partial charge is 0.326 e. The molecule has 3 N–H and O–H groups in total. The van der Waals surface area contributed by atoms with Crippen molar-refractivity contribution in [1.29, 1.82) is 0 Å². The van der Waals surface area contributed by atoms with Crippen LogP contribution in [-0.4, -0.2) is 14.5 Å². The van der Waals surface area contributed by atoms with Crippen molar-refractivity contribution in [2.45, 2.75) is 36.7 Å². The summed E-state index contributed by atoms with van der Waals surface area (Å²) in [7, 11) is -3.30. The molecule has 6 heteroatoms. The van der Waals surface area contributed by atoms with Crippen molar-refractivity contribution in [3.63, 3.8) is 0 Å². The van der Waals surface area contributed by atoms with Crippen LogP contribution in [0.2, 0.25) is 0 Å². The van der Waals surface area contributed by atoms with E-state index in [1.807, 2.05) is 0 Å². The van der Waals surface area contributed by atoms with Crippen LogP contribution in [0.5, 0.6) is 0 Å². The third-order valence-corrected chi connectivity index (χ3v) is 5.18. The van der Waals surface area contributed by atoms with E-state index >= 15 is 0 Å². The van der Waals surface area contributed by atoms with Gasteiger partial charge in [-0.2, -0.15) is 0 Å². The molecule has 0 saturated heterocycles. The number of rotatable bonds is 4. The zero-order valence-corrected chi connectivity index (χ0v) is 9.90. The minimum absolute atomic E-state index is 0.135. The molecular formula is C9H14N2O2S2. The summed E-state index contributed by atoms with van der Waals surface area (Å²) in [5, 5.41) is 1.64. The van der Waals surface area contributed by atoms with Crippen LogP contribution in [0.4, 0.5) is 0 Å². The Labute approximate surface area is 93.5 Å². The fraction of sp³-hybridized carbons (Fsp3) is 0.556. The summed E-state index contributed by atoms with van der Waals surface area (Å²) in [6.45, 7) is 0.392. The topological polar surface area (TPSA) is 72.2 Å². The molecule has 4 nitrogen and oxygen atoms in total. The fourth-order valence-corrected chi connectivity index (χ4v) is 3.88. The first-order valence-electron chi connectivity index (χ1n) is 4.91. The van der Waals surface area contributed by atoms with Gasteiger partial charge in [-0.05, 0) is 18.9 Å². The Bertz CT molecular complexity index is 435. The van der Waals surface area contributed by atoms with E-state index in [1.165, 1.54) is 11.3 Å². The van der Waals surface area contributed by atoms with Gasteiger partial charge in [-0.1, -0.05) is 6.42 Å². The van der Waals surface area contributed by atoms with Gasteiger partial charge >= 0.3 is 0 Å². The second-order valence-corrected chi connectivity index (χ2v) is 6.41. The lowest BCUT2D eigenvalue weighted by atomic mass is 9.94. The van der Waals surface area contributed by atoms with Crippen LogP contribution in [0.25, 0.3) is 0 Å². The van der Waals surface area contributed by atoms with Crippen molar-refractivity contribution in [1.82, 2.24) is 4.72 Å². The molecule has 15 heavy (non-hydrogen) atoms. The van der Waals surface area contributed by atoms with Crippen molar-refractivity contribution in [2.75, 3.05) is 0 Å². The minimum atomic E-state index is -3.30. The van der Waals surface area contributed by atoms with Crippen LogP contribution in [0, 0.1) is 0 Å². The van der Waals surface area contributed by atoms with Crippen molar-refractivity contribution in [3.8, 4) is 0 Å². The van der Waals surface area contributed by atoms with Crippen molar-refractivity contribution in [3.05, 3.63) is 16.3 Å². The zero-order valence-electron chi connectivity index (χ0n) is 8.27. The lowest BCUT2D eigenvalue weighted by Crippen LogP contribution is -2.39. The first-order chi connectivity index (χ1) is 7.12. The zero-order chi connectivity index (χ0) is 10.9. The number of hydrogen-bond acceptors (Lipinski definition) is 4. The molecule has 1 fully saturated rings. The molecule has 0 spiro atoms. The van der Waals surface area contributed by atoms with E-state index in [1.54, 1.807) is 11.4 Å². The lowest BCUT2D eigenvalue weighted by molar-refractivity contribution is 0.383. The molecule has 1 aliphatic carbocycles. The number of nitrogens with two attached hydrogens (primary N) is 1. The van der Waals surface area contributed by atoms with E-state index in [9.17, 15) is 8.42 Å². The van der Waals surface area contributed by atoms with Crippen LogP contribution in [-0.2, 0) is 16.6 Å².